The Hall–Kier alpha value is -3.01. The lowest BCUT2D eigenvalue weighted by atomic mass is 10.1. The zero-order valence-corrected chi connectivity index (χ0v) is 16.6. The highest BCUT2D eigenvalue weighted by molar-refractivity contribution is 6.37. The molecule has 28 heavy (non-hydrogen) atoms. The summed E-state index contributed by atoms with van der Waals surface area (Å²) in [5.74, 6) is -1.05. The van der Waals surface area contributed by atoms with Crippen LogP contribution in [0.3, 0.4) is 0 Å². The number of nitrogens with zero attached hydrogens (tertiary/aromatic N) is 1. The third-order valence-corrected chi connectivity index (χ3v) is 4.10. The molecule has 0 heterocycles. The molecule has 6 nitrogen and oxygen atoms in total. The number of ether oxygens (including phenoxy) is 2. The number of aryl methyl sites for hydroxylation is 1. The number of esters is 1. The molecule has 0 fully saturated rings. The fraction of sp³-hybridized carbons (Fsp3) is 0.150. The number of hydrogen-bond acceptors (Lipinski definition) is 5. The van der Waals surface area contributed by atoms with E-state index >= 15 is 0 Å². The summed E-state index contributed by atoms with van der Waals surface area (Å²) < 4.78 is 9.73. The Morgan fingerprint density at radius 2 is 1.89 bits per heavy atom. The Balaban J connectivity index is 2.22. The molecule has 1 amide bonds. The Bertz CT molecular complexity index is 957. The standard InChI is InChI=1S/C20H16Cl2N2O4/c1-12-4-3-5-15(6-12)24-20(26)14(10-23)7-13-8-16(21)19(17(22)9-13)28-11-18(25)27-2/h3-9H,11H2,1-2H3,(H,24,26)/b14-7-. The van der Waals surface area contributed by atoms with Gasteiger partial charge in [0.25, 0.3) is 5.91 Å². The number of carbonyl (C=O) groups is 2. The Kier molecular flexibility index (Phi) is 7.44. The molecule has 0 unspecified atom stereocenters. The molecule has 0 saturated heterocycles. The molecule has 144 valence electrons. The van der Waals surface area contributed by atoms with Crippen molar-refractivity contribution in [1.29, 1.82) is 5.26 Å². The van der Waals surface area contributed by atoms with Crippen LogP contribution in [0.1, 0.15) is 11.1 Å². The predicted octanol–water partition coefficient (Wildman–Crippen LogP) is 4.40. The van der Waals surface area contributed by atoms with Gasteiger partial charge >= 0.3 is 5.97 Å². The van der Waals surface area contributed by atoms with Gasteiger partial charge in [-0.3, -0.25) is 4.79 Å². The number of hydrogen-bond donors (Lipinski definition) is 1. The smallest absolute Gasteiger partial charge is 0.343 e. The maximum Gasteiger partial charge on any atom is 0.343 e. The molecule has 0 saturated carbocycles. The third kappa shape index (κ3) is 5.74. The molecular weight excluding hydrogens is 403 g/mol. The normalized spacial score (nSPS) is 10.8. The van der Waals surface area contributed by atoms with Crippen LogP contribution in [0.4, 0.5) is 5.69 Å². The van der Waals surface area contributed by atoms with Gasteiger partial charge in [-0.2, -0.15) is 5.26 Å². The second kappa shape index (κ2) is 9.79. The SMILES string of the molecule is COC(=O)COc1c(Cl)cc(/C=C(/C#N)C(=O)Nc2cccc(C)c2)cc1Cl. The maximum atomic E-state index is 12.4. The topological polar surface area (TPSA) is 88.4 Å². The van der Waals surface area contributed by atoms with Gasteiger partial charge in [-0.25, -0.2) is 4.79 Å². The van der Waals surface area contributed by atoms with E-state index in [1.165, 1.54) is 25.3 Å². The van der Waals surface area contributed by atoms with Crippen LogP contribution in [0.5, 0.6) is 5.75 Å². The summed E-state index contributed by atoms with van der Waals surface area (Å²) in [7, 11) is 1.23. The number of nitriles is 1. The van der Waals surface area contributed by atoms with Crippen molar-refractivity contribution < 1.29 is 19.1 Å². The van der Waals surface area contributed by atoms with Gasteiger partial charge in [0.15, 0.2) is 12.4 Å². The highest BCUT2D eigenvalue weighted by atomic mass is 35.5. The lowest BCUT2D eigenvalue weighted by molar-refractivity contribution is -0.142. The van der Waals surface area contributed by atoms with E-state index in [9.17, 15) is 14.9 Å². The number of methoxy groups -OCH3 is 1. The van der Waals surface area contributed by atoms with E-state index in [4.69, 9.17) is 27.9 Å². The van der Waals surface area contributed by atoms with Gasteiger partial charge in [0.1, 0.15) is 11.6 Å². The van der Waals surface area contributed by atoms with E-state index in [1.807, 2.05) is 19.1 Å². The lowest BCUT2D eigenvalue weighted by Gasteiger charge is -2.10. The van der Waals surface area contributed by atoms with Gasteiger partial charge < -0.3 is 14.8 Å². The molecule has 0 spiro atoms. The fourth-order valence-electron chi connectivity index (χ4n) is 2.23. The predicted molar refractivity (Wildman–Crippen MR) is 107 cm³/mol. The van der Waals surface area contributed by atoms with Crippen molar-refractivity contribution in [2.45, 2.75) is 6.92 Å². The van der Waals surface area contributed by atoms with Crippen LogP contribution in [0.2, 0.25) is 10.0 Å². The molecule has 0 radical (unpaired) electrons. The first-order valence-electron chi connectivity index (χ1n) is 8.02. The molecule has 0 aliphatic rings. The van der Waals surface area contributed by atoms with Gasteiger partial charge in [-0.1, -0.05) is 35.3 Å². The average molecular weight is 419 g/mol. The summed E-state index contributed by atoms with van der Waals surface area (Å²) in [5.41, 5.74) is 1.85. The first-order chi connectivity index (χ1) is 13.3. The van der Waals surface area contributed by atoms with Crippen LogP contribution in [-0.2, 0) is 14.3 Å². The van der Waals surface area contributed by atoms with Crippen molar-refractivity contribution in [3.05, 3.63) is 63.1 Å². The number of amides is 1. The molecule has 1 N–H and O–H groups in total. The largest absolute Gasteiger partial charge is 0.479 e. The molecule has 0 aliphatic carbocycles. The van der Waals surface area contributed by atoms with E-state index in [0.717, 1.165) is 5.56 Å². The van der Waals surface area contributed by atoms with Gasteiger partial charge in [0.2, 0.25) is 0 Å². The number of anilines is 1. The first-order valence-corrected chi connectivity index (χ1v) is 8.78. The number of nitrogens with one attached hydrogen (secondary N) is 1. The molecule has 2 rings (SSSR count). The highest BCUT2D eigenvalue weighted by Crippen LogP contribution is 2.35. The van der Waals surface area contributed by atoms with Crippen LogP contribution in [0.15, 0.2) is 42.0 Å². The van der Waals surface area contributed by atoms with Crippen molar-refractivity contribution in [1.82, 2.24) is 0 Å². The van der Waals surface area contributed by atoms with E-state index in [2.05, 4.69) is 10.1 Å². The third-order valence-electron chi connectivity index (χ3n) is 3.53. The zero-order chi connectivity index (χ0) is 20.7. The van der Waals surface area contributed by atoms with Crippen molar-refractivity contribution >= 4 is 46.8 Å². The summed E-state index contributed by atoms with van der Waals surface area (Å²) in [4.78, 5) is 23.5. The van der Waals surface area contributed by atoms with E-state index in [-0.39, 0.29) is 28.0 Å². The molecule has 2 aromatic rings. The van der Waals surface area contributed by atoms with Crippen LogP contribution in [-0.4, -0.2) is 25.6 Å². The van der Waals surface area contributed by atoms with Crippen molar-refractivity contribution in [2.75, 3.05) is 19.0 Å². The van der Waals surface area contributed by atoms with Crippen molar-refractivity contribution in [3.63, 3.8) is 0 Å². The van der Waals surface area contributed by atoms with E-state index in [1.54, 1.807) is 18.2 Å². The Morgan fingerprint density at radius 1 is 1.21 bits per heavy atom. The minimum Gasteiger partial charge on any atom is -0.479 e. The number of benzene rings is 2. The van der Waals surface area contributed by atoms with Crippen LogP contribution in [0, 0.1) is 18.3 Å². The van der Waals surface area contributed by atoms with E-state index < -0.39 is 11.9 Å². The summed E-state index contributed by atoms with van der Waals surface area (Å²) in [6.45, 7) is 1.54. The quantitative estimate of drug-likeness (QED) is 0.426. The summed E-state index contributed by atoms with van der Waals surface area (Å²) in [6, 6.07) is 12.0. The Morgan fingerprint density at radius 3 is 2.46 bits per heavy atom. The molecule has 0 aliphatic heterocycles. The second-order valence-electron chi connectivity index (χ2n) is 5.67. The summed E-state index contributed by atoms with van der Waals surface area (Å²) in [6.07, 6.45) is 1.35. The molecule has 0 bridgehead atoms. The highest BCUT2D eigenvalue weighted by Gasteiger charge is 2.14. The maximum absolute atomic E-state index is 12.4. The minimum atomic E-state index is -0.587. The molecule has 2 aromatic carbocycles. The number of carbonyl (C=O) groups excluding carboxylic acids is 2. The first kappa shape index (κ1) is 21.3. The van der Waals surface area contributed by atoms with Crippen LogP contribution >= 0.6 is 23.2 Å². The van der Waals surface area contributed by atoms with Crippen LogP contribution in [0.25, 0.3) is 6.08 Å². The van der Waals surface area contributed by atoms with Gasteiger partial charge in [-0.05, 0) is 48.4 Å². The zero-order valence-electron chi connectivity index (χ0n) is 15.1. The van der Waals surface area contributed by atoms with Crippen molar-refractivity contribution in [3.8, 4) is 11.8 Å². The van der Waals surface area contributed by atoms with Gasteiger partial charge in [0.05, 0.1) is 17.2 Å². The van der Waals surface area contributed by atoms with Gasteiger partial charge in [-0.15, -0.1) is 0 Å². The molecule has 0 atom stereocenters. The van der Waals surface area contributed by atoms with Crippen LogP contribution < -0.4 is 10.1 Å². The Labute approximate surface area is 172 Å². The fourth-order valence-corrected chi connectivity index (χ4v) is 2.84. The average Bonchev–Trinajstić information content (AvgIpc) is 2.65. The lowest BCUT2D eigenvalue weighted by Crippen LogP contribution is -2.13. The molecule has 0 aromatic heterocycles. The number of rotatable bonds is 6. The van der Waals surface area contributed by atoms with Gasteiger partial charge in [0, 0.05) is 5.69 Å². The number of halogens is 2. The summed E-state index contributed by atoms with van der Waals surface area (Å²) in [5, 5.41) is 12.2. The monoisotopic (exact) mass is 418 g/mol. The van der Waals surface area contributed by atoms with Crippen molar-refractivity contribution in [2.24, 2.45) is 0 Å². The van der Waals surface area contributed by atoms with E-state index in [0.29, 0.717) is 11.3 Å². The molecular formula is C20H16Cl2N2O4. The molecule has 8 heteroatoms. The minimum absolute atomic E-state index is 0.105. The summed E-state index contributed by atoms with van der Waals surface area (Å²) >= 11 is 12.3. The second-order valence-corrected chi connectivity index (χ2v) is 6.49.